The quantitative estimate of drug-likeness (QED) is 0.490. The van der Waals surface area contributed by atoms with Gasteiger partial charge in [0.15, 0.2) is 0 Å². The van der Waals surface area contributed by atoms with Crippen molar-refractivity contribution in [2.45, 2.75) is 51.3 Å². The van der Waals surface area contributed by atoms with E-state index in [0.717, 1.165) is 24.9 Å². The molecule has 0 aromatic carbocycles. The number of amides is 2. The van der Waals surface area contributed by atoms with Crippen LogP contribution < -0.4 is 5.32 Å². The van der Waals surface area contributed by atoms with Gasteiger partial charge in [-0.3, -0.25) is 4.79 Å². The molecule has 4 heterocycles. The van der Waals surface area contributed by atoms with Crippen LogP contribution in [0.1, 0.15) is 50.1 Å². The van der Waals surface area contributed by atoms with Gasteiger partial charge in [0.2, 0.25) is 0 Å². The van der Waals surface area contributed by atoms with Gasteiger partial charge in [0.25, 0.3) is 5.91 Å². The smallest absolute Gasteiger partial charge is 0.410 e. The Morgan fingerprint density at radius 2 is 1.94 bits per heavy atom. The molecule has 5 rings (SSSR count). The van der Waals surface area contributed by atoms with E-state index in [0.29, 0.717) is 27.7 Å². The molecule has 2 fully saturated rings. The number of piperidine rings is 1. The van der Waals surface area contributed by atoms with E-state index >= 15 is 0 Å². The number of halogens is 1. The fourth-order valence-electron chi connectivity index (χ4n) is 4.71. The minimum absolute atomic E-state index is 0.0479. The molecular weight excluding hydrogens is 514 g/mol. The predicted octanol–water partition coefficient (Wildman–Crippen LogP) is 4.32. The van der Waals surface area contributed by atoms with E-state index in [-0.39, 0.29) is 24.1 Å². The van der Waals surface area contributed by atoms with Crippen molar-refractivity contribution in [2.75, 3.05) is 11.9 Å². The van der Waals surface area contributed by atoms with Gasteiger partial charge in [-0.1, -0.05) is 11.3 Å². The predicted molar refractivity (Wildman–Crippen MR) is 132 cm³/mol. The lowest BCUT2D eigenvalue weighted by molar-refractivity contribution is 0.0132. The highest BCUT2D eigenvalue weighted by molar-refractivity contribution is 9.10. The summed E-state index contributed by atoms with van der Waals surface area (Å²) < 4.78 is 8.04. The van der Waals surface area contributed by atoms with Crippen molar-refractivity contribution >= 4 is 33.7 Å². The van der Waals surface area contributed by atoms with Gasteiger partial charge in [-0.2, -0.15) is 0 Å². The fraction of sp³-hybridized carbons (Fsp3) is 0.417. The Kier molecular flexibility index (Phi) is 6.04. The number of nitrogens with one attached hydrogen (secondary N) is 1. The number of anilines is 1. The molecule has 0 radical (unpaired) electrons. The van der Waals surface area contributed by atoms with Crippen LogP contribution in [0.2, 0.25) is 0 Å². The number of pyridine rings is 2. The minimum atomic E-state index is -0.526. The number of ether oxygens (including phenoxy) is 1. The van der Waals surface area contributed by atoms with Crippen LogP contribution in [0.3, 0.4) is 0 Å². The van der Waals surface area contributed by atoms with Crippen LogP contribution >= 0.6 is 15.9 Å². The van der Waals surface area contributed by atoms with Crippen LogP contribution in [-0.4, -0.2) is 60.0 Å². The van der Waals surface area contributed by atoms with Crippen molar-refractivity contribution in [3.05, 3.63) is 53.0 Å². The molecule has 1 saturated heterocycles. The molecule has 2 aliphatic rings. The fourth-order valence-corrected chi connectivity index (χ4v) is 5.05. The maximum atomic E-state index is 12.7. The number of fused-ring (bicyclic) bond motifs is 2. The van der Waals surface area contributed by atoms with Gasteiger partial charge in [-0.25, -0.2) is 19.4 Å². The number of carbonyl (C=O) groups excluding carboxylic acids is 2. The lowest BCUT2D eigenvalue weighted by Crippen LogP contribution is -2.45. The number of hydrogen-bond donors (Lipinski definition) is 1. The van der Waals surface area contributed by atoms with E-state index in [1.54, 1.807) is 30.5 Å². The molecule has 2 amide bonds. The molecule has 3 atom stereocenters. The van der Waals surface area contributed by atoms with Gasteiger partial charge >= 0.3 is 6.09 Å². The second-order valence-electron chi connectivity index (χ2n) is 9.92. The summed E-state index contributed by atoms with van der Waals surface area (Å²) >= 11 is 3.26. The molecule has 0 spiro atoms. The average molecular weight is 540 g/mol. The SMILES string of the molecule is CC(C)(C)OC(=O)N1CC2CC1C(n1cc(-c3ccc(NC(=O)c4cccc(Br)n4)nc3)nn1)C2. The van der Waals surface area contributed by atoms with Gasteiger partial charge in [-0.05, 0) is 79.7 Å². The van der Waals surface area contributed by atoms with Crippen molar-refractivity contribution in [2.24, 2.45) is 5.92 Å². The summed E-state index contributed by atoms with van der Waals surface area (Å²) in [7, 11) is 0. The molecule has 3 aromatic heterocycles. The summed E-state index contributed by atoms with van der Waals surface area (Å²) in [6.45, 7) is 6.36. The van der Waals surface area contributed by atoms with Crippen LogP contribution in [0, 0.1) is 5.92 Å². The van der Waals surface area contributed by atoms with Crippen LogP contribution in [0.5, 0.6) is 0 Å². The third-order valence-corrected chi connectivity index (χ3v) is 6.62. The summed E-state index contributed by atoms with van der Waals surface area (Å²) in [4.78, 5) is 35.4. The number of rotatable bonds is 4. The van der Waals surface area contributed by atoms with E-state index in [9.17, 15) is 9.59 Å². The normalized spacial score (nSPS) is 21.3. The van der Waals surface area contributed by atoms with Gasteiger partial charge in [0.1, 0.15) is 27.4 Å². The Morgan fingerprint density at radius 3 is 2.63 bits per heavy atom. The number of nitrogens with zero attached hydrogens (tertiary/aromatic N) is 6. The van der Waals surface area contributed by atoms with E-state index in [2.05, 4.69) is 41.5 Å². The molecule has 3 unspecified atom stereocenters. The zero-order valence-electron chi connectivity index (χ0n) is 19.7. The molecule has 1 N–H and O–H groups in total. The summed E-state index contributed by atoms with van der Waals surface area (Å²) in [6.07, 6.45) is 5.17. The number of carbonyl (C=O) groups is 2. The van der Waals surface area contributed by atoms with Crippen LogP contribution in [0.15, 0.2) is 47.3 Å². The van der Waals surface area contributed by atoms with Crippen LogP contribution in [-0.2, 0) is 4.74 Å². The molecule has 1 aliphatic carbocycles. The number of likely N-dealkylation sites (tertiary alicyclic amines) is 1. The molecule has 2 bridgehead atoms. The largest absolute Gasteiger partial charge is 0.444 e. The molecule has 10 nitrogen and oxygen atoms in total. The Hall–Kier alpha value is -3.34. The summed E-state index contributed by atoms with van der Waals surface area (Å²) in [6, 6.07) is 8.79. The van der Waals surface area contributed by atoms with Crippen LogP contribution in [0.25, 0.3) is 11.3 Å². The molecule has 35 heavy (non-hydrogen) atoms. The first-order valence-electron chi connectivity index (χ1n) is 11.5. The molecule has 182 valence electrons. The standard InChI is InChI=1S/C24H26BrN7O3/c1-24(2,3)35-23(34)31-12-14-9-18(31)19(10-14)32-13-17(29-30-32)15-7-8-21(26-11-15)28-22(33)16-5-4-6-20(25)27-16/h4-8,11,13-14,18-19H,9-10,12H2,1-3H3,(H,26,28,33). The van der Waals surface area contributed by atoms with Gasteiger partial charge in [0.05, 0.1) is 18.3 Å². The third-order valence-electron chi connectivity index (χ3n) is 6.18. The zero-order chi connectivity index (χ0) is 24.7. The van der Waals surface area contributed by atoms with Crippen molar-refractivity contribution in [1.29, 1.82) is 0 Å². The van der Waals surface area contributed by atoms with Crippen LogP contribution in [0.4, 0.5) is 10.6 Å². The van der Waals surface area contributed by atoms with E-state index < -0.39 is 5.60 Å². The van der Waals surface area contributed by atoms with Crippen molar-refractivity contribution < 1.29 is 14.3 Å². The topological polar surface area (TPSA) is 115 Å². The number of aromatic nitrogens is 5. The Morgan fingerprint density at radius 1 is 1.14 bits per heavy atom. The molecular formula is C24H26BrN7O3. The lowest BCUT2D eigenvalue weighted by Gasteiger charge is -2.34. The van der Waals surface area contributed by atoms with E-state index in [4.69, 9.17) is 4.74 Å². The first kappa shape index (κ1) is 23.4. The maximum Gasteiger partial charge on any atom is 0.410 e. The third kappa shape index (κ3) is 5.04. The van der Waals surface area contributed by atoms with Crippen molar-refractivity contribution in [1.82, 2.24) is 29.9 Å². The van der Waals surface area contributed by atoms with Gasteiger partial charge in [-0.15, -0.1) is 5.10 Å². The minimum Gasteiger partial charge on any atom is -0.444 e. The highest BCUT2D eigenvalue weighted by Gasteiger charge is 2.49. The summed E-state index contributed by atoms with van der Waals surface area (Å²) in [5, 5.41) is 11.4. The van der Waals surface area contributed by atoms with Crippen molar-refractivity contribution in [3.63, 3.8) is 0 Å². The number of hydrogen-bond acceptors (Lipinski definition) is 7. The Labute approximate surface area is 211 Å². The van der Waals surface area contributed by atoms with Crippen molar-refractivity contribution in [3.8, 4) is 11.3 Å². The van der Waals surface area contributed by atoms with E-state index in [1.807, 2.05) is 42.6 Å². The molecule has 1 saturated carbocycles. The Bertz CT molecular complexity index is 1250. The van der Waals surface area contributed by atoms with Gasteiger partial charge in [0, 0.05) is 18.3 Å². The first-order chi connectivity index (χ1) is 16.7. The van der Waals surface area contributed by atoms with Gasteiger partial charge < -0.3 is 15.0 Å². The summed E-state index contributed by atoms with van der Waals surface area (Å²) in [5.74, 6) is 0.506. The highest BCUT2D eigenvalue weighted by atomic mass is 79.9. The monoisotopic (exact) mass is 539 g/mol. The zero-order valence-corrected chi connectivity index (χ0v) is 21.3. The maximum absolute atomic E-state index is 12.7. The first-order valence-corrected chi connectivity index (χ1v) is 12.3. The molecule has 1 aliphatic heterocycles. The lowest BCUT2D eigenvalue weighted by atomic mass is 10.1. The molecule has 3 aromatic rings. The molecule has 11 heteroatoms. The average Bonchev–Trinajstić information content (AvgIpc) is 3.54. The highest BCUT2D eigenvalue weighted by Crippen LogP contribution is 2.45. The van der Waals surface area contributed by atoms with E-state index in [1.165, 1.54) is 0 Å². The second kappa shape index (κ2) is 9.03. The second-order valence-corrected chi connectivity index (χ2v) is 10.7. The summed E-state index contributed by atoms with van der Waals surface area (Å²) in [5.41, 5.74) is 1.22. The Balaban J connectivity index is 1.26.